The number of rotatable bonds is 8. The van der Waals surface area contributed by atoms with Crippen molar-refractivity contribution in [2.75, 3.05) is 38.8 Å². The molecule has 1 aliphatic rings. The van der Waals surface area contributed by atoms with E-state index in [0.717, 1.165) is 38.2 Å². The van der Waals surface area contributed by atoms with Crippen LogP contribution in [0.1, 0.15) is 25.8 Å². The van der Waals surface area contributed by atoms with Crippen LogP contribution < -0.4 is 9.64 Å². The molecule has 1 fully saturated rings. The molecule has 0 saturated carbocycles. The van der Waals surface area contributed by atoms with Crippen LogP contribution in [-0.2, 0) is 16.0 Å². The normalized spacial score (nSPS) is 20.5. The van der Waals surface area contributed by atoms with Crippen molar-refractivity contribution in [3.05, 3.63) is 60.2 Å². The maximum atomic E-state index is 13.3. The summed E-state index contributed by atoms with van der Waals surface area (Å²) >= 11 is 0. The number of carbonyl (C=O) groups is 1. The highest BCUT2D eigenvalue weighted by molar-refractivity contribution is 5.98. The highest BCUT2D eigenvalue weighted by Crippen LogP contribution is 2.34. The van der Waals surface area contributed by atoms with Crippen LogP contribution in [0.2, 0.25) is 0 Å². The number of benzene rings is 2. The lowest BCUT2D eigenvalue weighted by atomic mass is 9.91. The Hall–Kier alpha value is -2.37. The van der Waals surface area contributed by atoms with Gasteiger partial charge in [-0.3, -0.25) is 4.79 Å². The van der Waals surface area contributed by atoms with E-state index in [9.17, 15) is 4.79 Å². The van der Waals surface area contributed by atoms with Gasteiger partial charge in [0.1, 0.15) is 11.9 Å². The predicted octanol–water partition coefficient (Wildman–Crippen LogP) is 4.02. The Kier molecular flexibility index (Phi) is 7.88. The summed E-state index contributed by atoms with van der Waals surface area (Å²) in [6.07, 6.45) is 1.47. The zero-order valence-corrected chi connectivity index (χ0v) is 18.6. The summed E-state index contributed by atoms with van der Waals surface area (Å²) in [4.78, 5) is 17.7. The van der Waals surface area contributed by atoms with E-state index in [0.29, 0.717) is 11.7 Å². The van der Waals surface area contributed by atoms with Crippen LogP contribution in [0.25, 0.3) is 0 Å². The van der Waals surface area contributed by atoms with Crippen molar-refractivity contribution in [1.29, 1.82) is 0 Å². The third-order valence-electron chi connectivity index (χ3n) is 6.12. The van der Waals surface area contributed by atoms with Gasteiger partial charge in [0.15, 0.2) is 0 Å². The number of methoxy groups -OCH3 is 2. The van der Waals surface area contributed by atoms with E-state index in [1.807, 2.05) is 36.1 Å². The molecule has 2 aromatic rings. The van der Waals surface area contributed by atoms with E-state index >= 15 is 0 Å². The third kappa shape index (κ3) is 5.21. The third-order valence-corrected chi connectivity index (χ3v) is 6.12. The molecule has 0 bridgehead atoms. The maximum Gasteiger partial charge on any atom is 0.256 e. The quantitative estimate of drug-likeness (QED) is 0.659. The predicted molar refractivity (Wildman–Crippen MR) is 121 cm³/mol. The number of para-hydroxylation sites is 2. The molecule has 3 rings (SSSR count). The van der Waals surface area contributed by atoms with Gasteiger partial charge in [0, 0.05) is 32.8 Å². The van der Waals surface area contributed by atoms with Crippen molar-refractivity contribution < 1.29 is 14.3 Å². The molecule has 0 N–H and O–H groups in total. The van der Waals surface area contributed by atoms with Gasteiger partial charge in [-0.2, -0.15) is 0 Å². The monoisotopic (exact) mass is 410 g/mol. The molecule has 1 amide bonds. The summed E-state index contributed by atoms with van der Waals surface area (Å²) in [6.45, 7) is 7.04. The van der Waals surface area contributed by atoms with Crippen molar-refractivity contribution in [3.63, 3.8) is 0 Å². The number of hydrogen-bond acceptors (Lipinski definition) is 4. The molecule has 0 aromatic heterocycles. The molecule has 5 nitrogen and oxygen atoms in total. The van der Waals surface area contributed by atoms with Crippen molar-refractivity contribution >= 4 is 11.6 Å². The van der Waals surface area contributed by atoms with Gasteiger partial charge < -0.3 is 19.3 Å². The van der Waals surface area contributed by atoms with Gasteiger partial charge in [-0.15, -0.1) is 0 Å². The van der Waals surface area contributed by atoms with Gasteiger partial charge >= 0.3 is 0 Å². The van der Waals surface area contributed by atoms with Gasteiger partial charge in [0.2, 0.25) is 0 Å². The molecule has 3 atom stereocenters. The van der Waals surface area contributed by atoms with Gasteiger partial charge in [0.05, 0.1) is 12.8 Å². The molecule has 1 saturated heterocycles. The van der Waals surface area contributed by atoms with Gasteiger partial charge in [-0.25, -0.2) is 0 Å². The Labute approximate surface area is 180 Å². The van der Waals surface area contributed by atoms with Gasteiger partial charge in [0.25, 0.3) is 5.91 Å². The minimum Gasteiger partial charge on any atom is -0.495 e. The van der Waals surface area contributed by atoms with E-state index in [4.69, 9.17) is 9.47 Å². The first-order valence-corrected chi connectivity index (χ1v) is 10.8. The average molecular weight is 411 g/mol. The fraction of sp³-hybridized carbons (Fsp3) is 0.480. The summed E-state index contributed by atoms with van der Waals surface area (Å²) in [6, 6.07) is 18.5. The van der Waals surface area contributed by atoms with E-state index in [1.54, 1.807) is 14.2 Å². The smallest absolute Gasteiger partial charge is 0.256 e. The number of piperidine rings is 1. The second kappa shape index (κ2) is 10.6. The lowest BCUT2D eigenvalue weighted by Gasteiger charge is -2.43. The standard InChI is InChI=1S/C25H34N2O3/c1-19-18-26(16-14-21-10-6-5-7-11-21)17-15-22(19)27(25(28)20(2)29-3)23-12-8-9-13-24(23)30-4/h5-13,19-20,22H,14-18H2,1-4H3. The molecular weight excluding hydrogens is 376 g/mol. The second-order valence-corrected chi connectivity index (χ2v) is 8.13. The molecule has 162 valence electrons. The van der Waals surface area contributed by atoms with E-state index < -0.39 is 6.10 Å². The summed E-state index contributed by atoms with van der Waals surface area (Å²) in [5, 5.41) is 0. The second-order valence-electron chi connectivity index (χ2n) is 8.13. The van der Waals surface area contributed by atoms with Crippen LogP contribution in [0.4, 0.5) is 5.69 Å². The van der Waals surface area contributed by atoms with Crippen LogP contribution in [0.5, 0.6) is 5.75 Å². The van der Waals surface area contributed by atoms with Crippen LogP contribution in [0.15, 0.2) is 54.6 Å². The number of anilines is 1. The summed E-state index contributed by atoms with van der Waals surface area (Å²) in [7, 11) is 3.23. The van der Waals surface area contributed by atoms with Gasteiger partial charge in [-0.05, 0) is 43.4 Å². The SMILES string of the molecule is COc1ccccc1N(C(=O)C(C)OC)C1CCN(CCc2ccccc2)CC1C. The number of nitrogens with zero attached hydrogens (tertiary/aromatic N) is 2. The minimum atomic E-state index is -0.502. The number of amides is 1. The van der Waals surface area contributed by atoms with Crippen LogP contribution in [0, 0.1) is 5.92 Å². The number of hydrogen-bond donors (Lipinski definition) is 0. The topological polar surface area (TPSA) is 42.0 Å². The first-order valence-electron chi connectivity index (χ1n) is 10.8. The van der Waals surface area contributed by atoms with Crippen molar-refractivity contribution in [3.8, 4) is 5.75 Å². The molecule has 1 aliphatic heterocycles. The molecule has 0 aliphatic carbocycles. The summed E-state index contributed by atoms with van der Waals surface area (Å²) in [5.41, 5.74) is 2.19. The van der Waals surface area contributed by atoms with E-state index in [-0.39, 0.29) is 11.9 Å². The molecule has 3 unspecified atom stereocenters. The largest absolute Gasteiger partial charge is 0.495 e. The lowest BCUT2D eigenvalue weighted by molar-refractivity contribution is -0.128. The fourth-order valence-electron chi connectivity index (χ4n) is 4.32. The average Bonchev–Trinajstić information content (AvgIpc) is 2.79. The van der Waals surface area contributed by atoms with Gasteiger partial charge in [-0.1, -0.05) is 49.4 Å². The molecule has 5 heteroatoms. The molecular formula is C25H34N2O3. The number of carbonyl (C=O) groups excluding carboxylic acids is 1. The van der Waals surface area contributed by atoms with Crippen molar-refractivity contribution in [1.82, 2.24) is 4.90 Å². The minimum absolute atomic E-state index is 0.0171. The first-order chi connectivity index (χ1) is 14.5. The zero-order valence-electron chi connectivity index (χ0n) is 18.6. The Morgan fingerprint density at radius 1 is 1.13 bits per heavy atom. The molecule has 2 aromatic carbocycles. The Bertz CT molecular complexity index is 811. The highest BCUT2D eigenvalue weighted by Gasteiger charge is 2.36. The number of likely N-dealkylation sites (tertiary alicyclic amines) is 1. The van der Waals surface area contributed by atoms with Crippen LogP contribution in [-0.4, -0.2) is 56.8 Å². The van der Waals surface area contributed by atoms with Crippen LogP contribution in [0.3, 0.4) is 0 Å². The molecule has 0 radical (unpaired) electrons. The highest BCUT2D eigenvalue weighted by atomic mass is 16.5. The van der Waals surface area contributed by atoms with Crippen molar-refractivity contribution in [2.24, 2.45) is 5.92 Å². The lowest BCUT2D eigenvalue weighted by Crippen LogP contribution is -2.54. The Morgan fingerprint density at radius 3 is 2.50 bits per heavy atom. The Balaban J connectivity index is 1.75. The maximum absolute atomic E-state index is 13.3. The Morgan fingerprint density at radius 2 is 1.83 bits per heavy atom. The van der Waals surface area contributed by atoms with Crippen molar-refractivity contribution in [2.45, 2.75) is 38.8 Å². The molecule has 30 heavy (non-hydrogen) atoms. The van der Waals surface area contributed by atoms with E-state index in [2.05, 4.69) is 42.2 Å². The summed E-state index contributed by atoms with van der Waals surface area (Å²) < 4.78 is 11.0. The fourth-order valence-corrected chi connectivity index (χ4v) is 4.32. The zero-order chi connectivity index (χ0) is 21.5. The van der Waals surface area contributed by atoms with Crippen LogP contribution >= 0.6 is 0 Å². The summed E-state index contributed by atoms with van der Waals surface area (Å²) in [5.74, 6) is 1.04. The molecule has 1 heterocycles. The molecule has 0 spiro atoms. The first kappa shape index (κ1) is 22.3. The number of ether oxygens (including phenoxy) is 2. The van der Waals surface area contributed by atoms with E-state index in [1.165, 1.54) is 5.56 Å².